The van der Waals surface area contributed by atoms with Crippen LogP contribution < -0.4 is 4.74 Å². The van der Waals surface area contributed by atoms with Gasteiger partial charge in [0, 0.05) is 49.4 Å². The summed E-state index contributed by atoms with van der Waals surface area (Å²) in [5.74, 6) is 1.74. The van der Waals surface area contributed by atoms with E-state index in [4.69, 9.17) is 19.7 Å². The Kier molecular flexibility index (Phi) is 6.90. The Morgan fingerprint density at radius 1 is 0.350 bits per heavy atom. The van der Waals surface area contributed by atoms with Gasteiger partial charge in [-0.2, -0.15) is 0 Å². The summed E-state index contributed by atoms with van der Waals surface area (Å²) in [6.45, 7) is 0. The predicted octanol–water partition coefficient (Wildman–Crippen LogP) is 14.0. The van der Waals surface area contributed by atoms with Crippen LogP contribution in [-0.2, 0) is 5.41 Å². The average Bonchev–Trinajstić information content (AvgIpc) is 3.61. The van der Waals surface area contributed by atoms with Crippen molar-refractivity contribution in [2.24, 2.45) is 0 Å². The van der Waals surface area contributed by atoms with E-state index in [2.05, 4.69) is 182 Å². The van der Waals surface area contributed by atoms with Gasteiger partial charge in [0.25, 0.3) is 0 Å². The molecule has 1 aliphatic heterocycles. The van der Waals surface area contributed by atoms with Gasteiger partial charge in [-0.05, 0) is 70.1 Å². The summed E-state index contributed by atoms with van der Waals surface area (Å²) in [6, 6.07) is 71.1. The van der Waals surface area contributed by atoms with Crippen molar-refractivity contribution in [1.29, 1.82) is 0 Å². The Bertz CT molecular complexity index is 3550. The van der Waals surface area contributed by atoms with Crippen LogP contribution in [0.25, 0.3) is 88.4 Å². The monoisotopic (exact) mass is 763 g/mol. The van der Waals surface area contributed by atoms with E-state index in [-0.39, 0.29) is 0 Å². The van der Waals surface area contributed by atoms with Gasteiger partial charge in [0.05, 0.1) is 39.0 Å². The number of para-hydroxylation sites is 2. The molecule has 0 bridgehead atoms. The standard InChI is InChI=1S/C56H33N3O/c1-2-13-34(14-3-1)48-29-27-35-25-26-36-28-30-49(58-55(36)54(35)57-48)37-15-12-16-38(31-37)53-43-32-47-52(33-42(43)41-19-6-10-23-50(41)59-53)60-51-24-11-9-22-46(51)56(47)44-20-7-4-17-39(44)40-18-5-8-21-45(40)56/h1-33H. The molecule has 0 unspecified atom stereocenters. The van der Waals surface area contributed by atoms with Gasteiger partial charge in [0.2, 0.25) is 0 Å². The number of hydrogen-bond donors (Lipinski definition) is 0. The molecule has 4 heteroatoms. The summed E-state index contributed by atoms with van der Waals surface area (Å²) in [5, 5.41) is 5.38. The molecule has 0 atom stereocenters. The van der Waals surface area contributed by atoms with Crippen LogP contribution in [0, 0.1) is 0 Å². The molecule has 60 heavy (non-hydrogen) atoms. The van der Waals surface area contributed by atoms with E-state index in [1.807, 2.05) is 18.2 Å². The maximum absolute atomic E-state index is 6.94. The third-order valence-electron chi connectivity index (χ3n) is 12.7. The van der Waals surface area contributed by atoms with Crippen molar-refractivity contribution in [3.05, 3.63) is 222 Å². The second-order valence-electron chi connectivity index (χ2n) is 15.9. The Morgan fingerprint density at radius 2 is 0.933 bits per heavy atom. The minimum atomic E-state index is -0.581. The van der Waals surface area contributed by atoms with E-state index in [1.165, 1.54) is 22.3 Å². The fourth-order valence-electron chi connectivity index (χ4n) is 10.0. The Labute approximate surface area is 346 Å². The first kappa shape index (κ1) is 33.1. The highest BCUT2D eigenvalue weighted by atomic mass is 16.5. The van der Waals surface area contributed by atoms with Crippen molar-refractivity contribution >= 4 is 43.5 Å². The molecule has 3 aromatic heterocycles. The first-order valence-electron chi connectivity index (χ1n) is 20.4. The zero-order valence-electron chi connectivity index (χ0n) is 32.3. The zero-order chi connectivity index (χ0) is 39.4. The van der Waals surface area contributed by atoms with Gasteiger partial charge in [0.1, 0.15) is 11.5 Å². The number of nitrogens with zero attached hydrogens (tertiary/aromatic N) is 3. The van der Waals surface area contributed by atoms with E-state index < -0.39 is 5.41 Å². The molecule has 0 fully saturated rings. The van der Waals surface area contributed by atoms with Crippen LogP contribution >= 0.6 is 0 Å². The lowest BCUT2D eigenvalue weighted by molar-refractivity contribution is 0.437. The van der Waals surface area contributed by atoms with Crippen LogP contribution in [-0.4, -0.2) is 15.0 Å². The van der Waals surface area contributed by atoms with Crippen LogP contribution in [0.1, 0.15) is 22.3 Å². The van der Waals surface area contributed by atoms with E-state index in [1.54, 1.807) is 0 Å². The largest absolute Gasteiger partial charge is 0.457 e. The summed E-state index contributed by atoms with van der Waals surface area (Å²) in [5.41, 5.74) is 15.3. The van der Waals surface area contributed by atoms with E-state index in [0.29, 0.717) is 0 Å². The fourth-order valence-corrected chi connectivity index (χ4v) is 10.0. The molecule has 278 valence electrons. The maximum atomic E-state index is 6.94. The zero-order valence-corrected chi connectivity index (χ0v) is 32.3. The minimum absolute atomic E-state index is 0.581. The first-order valence-corrected chi connectivity index (χ1v) is 20.4. The highest BCUT2D eigenvalue weighted by Gasteiger charge is 2.51. The molecule has 1 aliphatic carbocycles. The molecule has 1 spiro atoms. The van der Waals surface area contributed by atoms with E-state index >= 15 is 0 Å². The quantitative estimate of drug-likeness (QED) is 0.168. The highest BCUT2D eigenvalue weighted by Crippen LogP contribution is 2.62. The predicted molar refractivity (Wildman–Crippen MR) is 244 cm³/mol. The molecule has 4 nitrogen and oxygen atoms in total. The topological polar surface area (TPSA) is 47.9 Å². The van der Waals surface area contributed by atoms with Crippen LogP contribution in [0.2, 0.25) is 0 Å². The summed E-state index contributed by atoms with van der Waals surface area (Å²) in [6.07, 6.45) is 0. The third-order valence-corrected chi connectivity index (χ3v) is 12.7. The number of aromatic nitrogens is 3. The summed E-state index contributed by atoms with van der Waals surface area (Å²) in [7, 11) is 0. The van der Waals surface area contributed by atoms with Crippen molar-refractivity contribution in [3.63, 3.8) is 0 Å². The molecule has 2 aliphatic rings. The van der Waals surface area contributed by atoms with Gasteiger partial charge >= 0.3 is 0 Å². The van der Waals surface area contributed by atoms with Crippen LogP contribution in [0.15, 0.2) is 200 Å². The van der Waals surface area contributed by atoms with Gasteiger partial charge in [-0.15, -0.1) is 0 Å². The van der Waals surface area contributed by atoms with Crippen LogP contribution in [0.5, 0.6) is 11.5 Å². The Hall–Kier alpha value is -7.95. The molecular formula is C56H33N3O. The molecule has 8 aromatic carbocycles. The smallest absolute Gasteiger partial charge is 0.132 e. The molecule has 0 radical (unpaired) electrons. The third kappa shape index (κ3) is 4.64. The van der Waals surface area contributed by atoms with Crippen molar-refractivity contribution in [1.82, 2.24) is 15.0 Å². The lowest BCUT2D eigenvalue weighted by Gasteiger charge is -2.39. The molecular weight excluding hydrogens is 731 g/mol. The molecule has 13 rings (SSSR count). The minimum Gasteiger partial charge on any atom is -0.457 e. The number of ether oxygens (including phenoxy) is 1. The number of pyridine rings is 3. The molecule has 0 saturated heterocycles. The highest BCUT2D eigenvalue weighted by molar-refractivity contribution is 6.12. The molecule has 0 N–H and O–H groups in total. The number of hydrogen-bond acceptors (Lipinski definition) is 4. The van der Waals surface area contributed by atoms with Crippen molar-refractivity contribution in [2.45, 2.75) is 5.41 Å². The van der Waals surface area contributed by atoms with Crippen LogP contribution in [0.3, 0.4) is 0 Å². The summed E-state index contributed by atoms with van der Waals surface area (Å²) >= 11 is 0. The first-order chi connectivity index (χ1) is 29.7. The lowest BCUT2D eigenvalue weighted by atomic mass is 9.65. The maximum Gasteiger partial charge on any atom is 0.132 e. The molecule has 11 aromatic rings. The molecule has 0 saturated carbocycles. The Morgan fingerprint density at radius 3 is 1.68 bits per heavy atom. The van der Waals surface area contributed by atoms with Crippen molar-refractivity contribution < 1.29 is 4.74 Å². The molecule has 4 heterocycles. The van der Waals surface area contributed by atoms with E-state index in [0.717, 1.165) is 99.9 Å². The van der Waals surface area contributed by atoms with Gasteiger partial charge in [-0.1, -0.05) is 158 Å². The van der Waals surface area contributed by atoms with Crippen molar-refractivity contribution in [3.8, 4) is 56.4 Å². The second-order valence-corrected chi connectivity index (χ2v) is 15.9. The summed E-state index contributed by atoms with van der Waals surface area (Å²) in [4.78, 5) is 16.0. The SMILES string of the molecule is c1ccc(-c2ccc3ccc4ccc(-c5cccc(-c6nc7ccccc7c7cc8c(cc67)C6(c7ccccc7O8)c7ccccc7-c7ccccc76)c5)nc4c3n2)cc1. The Balaban J connectivity index is 1.04. The fraction of sp³-hybridized carbons (Fsp3) is 0.0179. The second kappa shape index (κ2) is 12.5. The van der Waals surface area contributed by atoms with Gasteiger partial charge < -0.3 is 4.74 Å². The average molecular weight is 764 g/mol. The van der Waals surface area contributed by atoms with Crippen LogP contribution in [0.4, 0.5) is 0 Å². The van der Waals surface area contributed by atoms with Crippen molar-refractivity contribution in [2.75, 3.05) is 0 Å². The van der Waals surface area contributed by atoms with E-state index in [9.17, 15) is 0 Å². The van der Waals surface area contributed by atoms with Gasteiger partial charge in [-0.3, -0.25) is 0 Å². The number of benzene rings is 8. The normalized spacial score (nSPS) is 13.3. The number of rotatable bonds is 3. The molecule has 0 amide bonds. The summed E-state index contributed by atoms with van der Waals surface area (Å²) < 4.78 is 6.94. The lowest BCUT2D eigenvalue weighted by Crippen LogP contribution is -2.32. The van der Waals surface area contributed by atoms with Gasteiger partial charge in [0.15, 0.2) is 0 Å². The number of fused-ring (bicyclic) bond motifs is 15. The van der Waals surface area contributed by atoms with Gasteiger partial charge in [-0.25, -0.2) is 15.0 Å².